The fourth-order valence-electron chi connectivity index (χ4n) is 3.46. The number of carbonyl (C=O) groups is 1. The zero-order chi connectivity index (χ0) is 19.3. The van der Waals surface area contributed by atoms with E-state index in [4.69, 9.17) is 14.6 Å². The number of carboxylic acid groups (broad SMARTS) is 1. The maximum Gasteiger partial charge on any atom is 0.305 e. The summed E-state index contributed by atoms with van der Waals surface area (Å²) < 4.78 is 12.0. The molecule has 0 bridgehead atoms. The number of carboxylic acids is 1. The Labute approximate surface area is 164 Å². The Morgan fingerprint density at radius 3 is 2.71 bits per heavy atom. The van der Waals surface area contributed by atoms with Crippen LogP contribution in [0.25, 0.3) is 0 Å². The molecule has 4 rings (SSSR count). The lowest BCUT2D eigenvalue weighted by Gasteiger charge is -2.27. The maximum absolute atomic E-state index is 10.8. The van der Waals surface area contributed by atoms with E-state index in [9.17, 15) is 4.79 Å². The Morgan fingerprint density at radius 2 is 1.96 bits per heavy atom. The lowest BCUT2D eigenvalue weighted by Crippen LogP contribution is -2.32. The molecular formula is C22H24N2O4. The van der Waals surface area contributed by atoms with Gasteiger partial charge in [0.05, 0.1) is 12.1 Å². The molecule has 146 valence electrons. The van der Waals surface area contributed by atoms with Gasteiger partial charge in [-0.3, -0.25) is 4.79 Å². The van der Waals surface area contributed by atoms with Crippen LogP contribution in [0.1, 0.15) is 30.2 Å². The summed E-state index contributed by atoms with van der Waals surface area (Å²) >= 11 is 0. The van der Waals surface area contributed by atoms with Crippen LogP contribution >= 0.6 is 0 Å². The van der Waals surface area contributed by atoms with Gasteiger partial charge in [0.2, 0.25) is 0 Å². The third kappa shape index (κ3) is 4.46. The smallest absolute Gasteiger partial charge is 0.305 e. The van der Waals surface area contributed by atoms with Gasteiger partial charge in [0.1, 0.15) is 18.5 Å². The third-order valence-electron chi connectivity index (χ3n) is 4.99. The van der Waals surface area contributed by atoms with Crippen LogP contribution in [0.2, 0.25) is 0 Å². The molecule has 1 saturated heterocycles. The first-order valence-electron chi connectivity index (χ1n) is 9.53. The van der Waals surface area contributed by atoms with Crippen molar-refractivity contribution < 1.29 is 19.4 Å². The standard InChI is InChI=1S/C22H24N2O4/c25-21(26)11-13-24-12-10-20-19(14-24)23-22(28-20)17-6-8-18(9-7-17)27-15-16-4-2-1-3-5-16/h1-9,14,20,22-23H,10-13,15H2,(H,25,26). The average Bonchev–Trinajstić information content (AvgIpc) is 3.15. The largest absolute Gasteiger partial charge is 0.489 e. The minimum absolute atomic E-state index is 0.0417. The van der Waals surface area contributed by atoms with Crippen molar-refractivity contribution in [3.63, 3.8) is 0 Å². The second-order valence-electron chi connectivity index (χ2n) is 7.05. The highest BCUT2D eigenvalue weighted by molar-refractivity contribution is 5.66. The summed E-state index contributed by atoms with van der Waals surface area (Å²) in [6, 6.07) is 18.0. The summed E-state index contributed by atoms with van der Waals surface area (Å²) in [5.41, 5.74) is 3.20. The van der Waals surface area contributed by atoms with Crippen LogP contribution in [-0.4, -0.2) is 35.2 Å². The molecule has 2 aromatic carbocycles. The first-order chi connectivity index (χ1) is 13.7. The van der Waals surface area contributed by atoms with E-state index in [1.54, 1.807) is 0 Å². The molecule has 2 aliphatic heterocycles. The predicted octanol–water partition coefficient (Wildman–Crippen LogP) is 3.27. The normalized spacial score (nSPS) is 20.9. The zero-order valence-corrected chi connectivity index (χ0v) is 15.6. The lowest BCUT2D eigenvalue weighted by atomic mass is 10.1. The number of fused-ring (bicyclic) bond motifs is 1. The number of benzene rings is 2. The molecule has 6 nitrogen and oxygen atoms in total. The van der Waals surface area contributed by atoms with Crippen LogP contribution in [-0.2, 0) is 16.1 Å². The highest BCUT2D eigenvalue weighted by Crippen LogP contribution is 2.32. The number of rotatable bonds is 7. The van der Waals surface area contributed by atoms with Gasteiger partial charge in [-0.05, 0) is 24.1 Å². The highest BCUT2D eigenvalue weighted by Gasteiger charge is 2.33. The van der Waals surface area contributed by atoms with E-state index in [1.807, 2.05) is 65.7 Å². The Kier molecular flexibility index (Phi) is 5.48. The molecule has 0 radical (unpaired) electrons. The number of hydrogen-bond acceptors (Lipinski definition) is 5. The molecule has 0 saturated carbocycles. The topological polar surface area (TPSA) is 71.0 Å². The second kappa shape index (κ2) is 8.35. The van der Waals surface area contributed by atoms with Gasteiger partial charge in [-0.15, -0.1) is 0 Å². The summed E-state index contributed by atoms with van der Waals surface area (Å²) in [5.74, 6) is 0.0469. The fraction of sp³-hybridized carbons (Fsp3) is 0.318. The number of hydrogen-bond donors (Lipinski definition) is 2. The molecular weight excluding hydrogens is 356 g/mol. The second-order valence-corrected chi connectivity index (χ2v) is 7.05. The number of nitrogens with one attached hydrogen (secondary N) is 1. The molecule has 2 aromatic rings. The number of nitrogens with zero attached hydrogens (tertiary/aromatic N) is 1. The first-order valence-corrected chi connectivity index (χ1v) is 9.53. The molecule has 2 heterocycles. The average molecular weight is 380 g/mol. The van der Waals surface area contributed by atoms with Gasteiger partial charge >= 0.3 is 5.97 Å². The molecule has 0 spiro atoms. The summed E-state index contributed by atoms with van der Waals surface area (Å²) in [5, 5.41) is 12.3. The van der Waals surface area contributed by atoms with Crippen molar-refractivity contribution >= 4 is 5.97 Å². The van der Waals surface area contributed by atoms with E-state index in [0.717, 1.165) is 35.5 Å². The van der Waals surface area contributed by atoms with E-state index in [1.165, 1.54) is 0 Å². The molecule has 0 aromatic heterocycles. The Bertz CT molecular complexity index is 835. The van der Waals surface area contributed by atoms with Crippen LogP contribution < -0.4 is 10.1 Å². The molecule has 2 aliphatic rings. The van der Waals surface area contributed by atoms with Crippen LogP contribution in [0.3, 0.4) is 0 Å². The van der Waals surface area contributed by atoms with Gasteiger partial charge < -0.3 is 24.8 Å². The molecule has 6 heteroatoms. The Hall–Kier alpha value is -2.99. The monoisotopic (exact) mass is 380 g/mol. The summed E-state index contributed by atoms with van der Waals surface area (Å²) in [6.07, 6.45) is 2.84. The molecule has 2 unspecified atom stereocenters. The zero-order valence-electron chi connectivity index (χ0n) is 15.6. The summed E-state index contributed by atoms with van der Waals surface area (Å²) in [6.45, 7) is 1.87. The van der Waals surface area contributed by atoms with E-state index in [2.05, 4.69) is 5.32 Å². The molecule has 28 heavy (non-hydrogen) atoms. The van der Waals surface area contributed by atoms with Crippen LogP contribution in [0.4, 0.5) is 0 Å². The van der Waals surface area contributed by atoms with Crippen LogP contribution in [0.5, 0.6) is 5.75 Å². The Morgan fingerprint density at radius 1 is 1.18 bits per heavy atom. The van der Waals surface area contributed by atoms with Gasteiger partial charge in [-0.1, -0.05) is 42.5 Å². The van der Waals surface area contributed by atoms with E-state index in [-0.39, 0.29) is 18.8 Å². The van der Waals surface area contributed by atoms with Gasteiger partial charge in [0, 0.05) is 24.9 Å². The molecule has 0 amide bonds. The SMILES string of the molecule is O=C(O)CCN1C=C2NC(c3ccc(OCc4ccccc4)cc3)OC2CC1. The van der Waals surface area contributed by atoms with E-state index < -0.39 is 5.97 Å². The highest BCUT2D eigenvalue weighted by atomic mass is 16.5. The van der Waals surface area contributed by atoms with Crippen molar-refractivity contribution in [2.45, 2.75) is 31.8 Å². The number of ether oxygens (including phenoxy) is 2. The Balaban J connectivity index is 1.34. The van der Waals surface area contributed by atoms with E-state index >= 15 is 0 Å². The minimum atomic E-state index is -0.774. The third-order valence-corrected chi connectivity index (χ3v) is 4.99. The van der Waals surface area contributed by atoms with Crippen molar-refractivity contribution in [3.05, 3.63) is 77.6 Å². The maximum atomic E-state index is 10.8. The molecule has 2 N–H and O–H groups in total. The molecule has 1 fully saturated rings. The van der Waals surface area contributed by atoms with Gasteiger partial charge in [-0.2, -0.15) is 0 Å². The number of aliphatic carboxylic acids is 1. The van der Waals surface area contributed by atoms with Crippen molar-refractivity contribution in [2.75, 3.05) is 13.1 Å². The first kappa shape index (κ1) is 18.4. The fourth-order valence-corrected chi connectivity index (χ4v) is 3.46. The van der Waals surface area contributed by atoms with Gasteiger partial charge in [-0.25, -0.2) is 0 Å². The summed E-state index contributed by atoms with van der Waals surface area (Å²) in [4.78, 5) is 12.8. The lowest BCUT2D eigenvalue weighted by molar-refractivity contribution is -0.137. The van der Waals surface area contributed by atoms with Gasteiger partial charge in [0.25, 0.3) is 0 Å². The predicted molar refractivity (Wildman–Crippen MR) is 104 cm³/mol. The van der Waals surface area contributed by atoms with Crippen molar-refractivity contribution in [2.24, 2.45) is 0 Å². The van der Waals surface area contributed by atoms with Crippen LogP contribution in [0.15, 0.2) is 66.5 Å². The van der Waals surface area contributed by atoms with Gasteiger partial charge in [0.15, 0.2) is 6.23 Å². The van der Waals surface area contributed by atoms with Crippen LogP contribution in [0, 0.1) is 0 Å². The van der Waals surface area contributed by atoms with Crippen molar-refractivity contribution in [1.29, 1.82) is 0 Å². The van der Waals surface area contributed by atoms with Crippen molar-refractivity contribution in [1.82, 2.24) is 10.2 Å². The van der Waals surface area contributed by atoms with Crippen molar-refractivity contribution in [3.8, 4) is 5.75 Å². The summed E-state index contributed by atoms with van der Waals surface area (Å²) in [7, 11) is 0. The minimum Gasteiger partial charge on any atom is -0.489 e. The quantitative estimate of drug-likeness (QED) is 0.768. The van der Waals surface area contributed by atoms with E-state index in [0.29, 0.717) is 13.2 Å². The molecule has 2 atom stereocenters. The molecule has 0 aliphatic carbocycles.